The molecule has 3 heteroatoms. The van der Waals surface area contributed by atoms with E-state index < -0.39 is 0 Å². The molecule has 0 aromatic heterocycles. The lowest BCUT2D eigenvalue weighted by molar-refractivity contribution is 0.326. The van der Waals surface area contributed by atoms with Crippen LogP contribution in [0.15, 0.2) is 35.7 Å². The van der Waals surface area contributed by atoms with E-state index in [1.165, 1.54) is 0 Å². The molecular formula is C15H28N2O. The molecule has 0 saturated carbocycles. The van der Waals surface area contributed by atoms with Gasteiger partial charge >= 0.3 is 0 Å². The molecule has 104 valence electrons. The summed E-state index contributed by atoms with van der Waals surface area (Å²) in [4.78, 5) is 2.05. The fourth-order valence-corrected chi connectivity index (χ4v) is 1.73. The van der Waals surface area contributed by atoms with Gasteiger partial charge in [0.2, 0.25) is 0 Å². The van der Waals surface area contributed by atoms with Gasteiger partial charge in [-0.15, -0.1) is 0 Å². The van der Waals surface area contributed by atoms with Gasteiger partial charge in [-0.3, -0.25) is 0 Å². The Kier molecular flexibility index (Phi) is 8.42. The van der Waals surface area contributed by atoms with Gasteiger partial charge < -0.3 is 15.3 Å². The van der Waals surface area contributed by atoms with Crippen molar-refractivity contribution < 1.29 is 5.11 Å². The number of hydrogen-bond donors (Lipinski definition) is 2. The highest BCUT2D eigenvalue weighted by molar-refractivity contribution is 5.35. The van der Waals surface area contributed by atoms with E-state index >= 15 is 0 Å². The molecule has 0 heterocycles. The second-order valence-electron chi connectivity index (χ2n) is 5.00. The van der Waals surface area contributed by atoms with Crippen LogP contribution in [0, 0.1) is 5.92 Å². The predicted molar refractivity (Wildman–Crippen MR) is 79.2 cm³/mol. The van der Waals surface area contributed by atoms with E-state index in [4.69, 9.17) is 0 Å². The predicted octanol–water partition coefficient (Wildman–Crippen LogP) is 2.52. The third-order valence-corrected chi connectivity index (χ3v) is 2.59. The molecule has 0 atom stereocenters. The molecule has 0 saturated heterocycles. The lowest BCUT2D eigenvalue weighted by Crippen LogP contribution is -2.21. The van der Waals surface area contributed by atoms with Gasteiger partial charge in [0, 0.05) is 17.8 Å². The van der Waals surface area contributed by atoms with Crippen molar-refractivity contribution in [1.82, 2.24) is 10.2 Å². The van der Waals surface area contributed by atoms with Crippen LogP contribution in [0.3, 0.4) is 0 Å². The average molecular weight is 252 g/mol. The summed E-state index contributed by atoms with van der Waals surface area (Å²) in [6.45, 7) is 11.2. The van der Waals surface area contributed by atoms with Gasteiger partial charge in [-0.25, -0.2) is 0 Å². The zero-order valence-corrected chi connectivity index (χ0v) is 12.5. The SMILES string of the molecule is C=C(CN(C)C)C(CO)=C(N/C=C\CC)C(C)C. The number of nitrogens with zero attached hydrogens (tertiary/aromatic N) is 1. The average Bonchev–Trinajstić information content (AvgIpc) is 2.26. The molecule has 0 unspecified atom stereocenters. The second-order valence-corrected chi connectivity index (χ2v) is 5.00. The van der Waals surface area contributed by atoms with E-state index in [0.717, 1.165) is 29.8 Å². The first-order valence-corrected chi connectivity index (χ1v) is 6.52. The quantitative estimate of drug-likeness (QED) is 0.652. The smallest absolute Gasteiger partial charge is 0.0701 e. The topological polar surface area (TPSA) is 35.5 Å². The maximum absolute atomic E-state index is 9.58. The highest BCUT2D eigenvalue weighted by Crippen LogP contribution is 2.18. The van der Waals surface area contributed by atoms with Crippen molar-refractivity contribution in [2.24, 2.45) is 5.92 Å². The lowest BCUT2D eigenvalue weighted by atomic mass is 9.99. The van der Waals surface area contributed by atoms with Gasteiger partial charge in [0.05, 0.1) is 6.61 Å². The lowest BCUT2D eigenvalue weighted by Gasteiger charge is -2.21. The minimum Gasteiger partial charge on any atom is -0.392 e. The van der Waals surface area contributed by atoms with Crippen molar-refractivity contribution in [1.29, 1.82) is 0 Å². The second kappa shape index (κ2) is 8.95. The molecule has 0 rings (SSSR count). The molecule has 0 radical (unpaired) electrons. The number of hydrogen-bond acceptors (Lipinski definition) is 3. The van der Waals surface area contributed by atoms with E-state index in [2.05, 4.69) is 43.6 Å². The van der Waals surface area contributed by atoms with Crippen molar-refractivity contribution in [3.05, 3.63) is 35.7 Å². The van der Waals surface area contributed by atoms with Gasteiger partial charge in [0.1, 0.15) is 0 Å². The zero-order chi connectivity index (χ0) is 14.1. The number of likely N-dealkylation sites (N-methyl/N-ethyl adjacent to an activating group) is 1. The molecule has 0 aromatic carbocycles. The highest BCUT2D eigenvalue weighted by Gasteiger charge is 2.12. The normalized spacial score (nSPS) is 13.3. The van der Waals surface area contributed by atoms with Crippen molar-refractivity contribution >= 4 is 0 Å². The number of aliphatic hydroxyl groups excluding tert-OH is 1. The van der Waals surface area contributed by atoms with Crippen LogP contribution in [0.5, 0.6) is 0 Å². The summed E-state index contributed by atoms with van der Waals surface area (Å²) in [6.07, 6.45) is 4.99. The molecule has 0 aliphatic carbocycles. The third-order valence-electron chi connectivity index (χ3n) is 2.59. The number of rotatable bonds is 8. The molecule has 2 N–H and O–H groups in total. The van der Waals surface area contributed by atoms with E-state index in [0.29, 0.717) is 5.92 Å². The van der Waals surface area contributed by atoms with Crippen LogP contribution < -0.4 is 5.32 Å². The van der Waals surface area contributed by atoms with Gasteiger partial charge in [0.25, 0.3) is 0 Å². The van der Waals surface area contributed by atoms with Crippen molar-refractivity contribution in [2.45, 2.75) is 27.2 Å². The summed E-state index contributed by atoms with van der Waals surface area (Å²) in [5, 5.41) is 12.9. The van der Waals surface area contributed by atoms with Crippen LogP contribution in [0.2, 0.25) is 0 Å². The van der Waals surface area contributed by atoms with E-state index in [1.54, 1.807) is 0 Å². The maximum atomic E-state index is 9.58. The molecule has 0 aromatic rings. The van der Waals surface area contributed by atoms with Gasteiger partial charge in [-0.1, -0.05) is 33.4 Å². The van der Waals surface area contributed by atoms with Gasteiger partial charge in [-0.2, -0.15) is 0 Å². The van der Waals surface area contributed by atoms with Crippen LogP contribution in [0.1, 0.15) is 27.2 Å². The van der Waals surface area contributed by atoms with Crippen molar-refractivity contribution in [3.8, 4) is 0 Å². The van der Waals surface area contributed by atoms with E-state index in [1.807, 2.05) is 20.3 Å². The fraction of sp³-hybridized carbons (Fsp3) is 0.600. The summed E-state index contributed by atoms with van der Waals surface area (Å²) >= 11 is 0. The Morgan fingerprint density at radius 1 is 1.39 bits per heavy atom. The first-order valence-electron chi connectivity index (χ1n) is 6.52. The Labute approximate surface area is 112 Å². The number of aliphatic hydroxyl groups is 1. The van der Waals surface area contributed by atoms with Gasteiger partial charge in [-0.05, 0) is 38.2 Å². The fourth-order valence-electron chi connectivity index (χ4n) is 1.73. The molecule has 0 aliphatic heterocycles. The summed E-state index contributed by atoms with van der Waals surface area (Å²) in [5.41, 5.74) is 2.93. The molecule has 0 amide bonds. The first-order chi connectivity index (χ1) is 8.43. The molecule has 18 heavy (non-hydrogen) atoms. The molecule has 3 nitrogen and oxygen atoms in total. The largest absolute Gasteiger partial charge is 0.392 e. The van der Waals surface area contributed by atoms with Gasteiger partial charge in [0.15, 0.2) is 0 Å². The van der Waals surface area contributed by atoms with Crippen LogP contribution in [0.4, 0.5) is 0 Å². The Bertz CT molecular complexity index is 314. The van der Waals surface area contributed by atoms with Crippen LogP contribution in [-0.2, 0) is 0 Å². The Morgan fingerprint density at radius 3 is 2.39 bits per heavy atom. The third kappa shape index (κ3) is 6.03. The van der Waals surface area contributed by atoms with Crippen LogP contribution in [-0.4, -0.2) is 37.3 Å². The minimum atomic E-state index is 0.0210. The molecule has 0 fully saturated rings. The molecule has 0 spiro atoms. The Morgan fingerprint density at radius 2 is 2.00 bits per heavy atom. The summed E-state index contributed by atoms with van der Waals surface area (Å²) in [6, 6.07) is 0. The monoisotopic (exact) mass is 252 g/mol. The zero-order valence-electron chi connectivity index (χ0n) is 12.5. The van der Waals surface area contributed by atoms with Crippen LogP contribution in [0.25, 0.3) is 0 Å². The standard InChI is InChI=1S/C15H28N2O/c1-7-8-9-16-15(12(2)3)14(11-18)13(4)10-17(5)6/h8-9,12,16,18H,4,7,10-11H2,1-3,5-6H3/b9-8-,15-14?. The maximum Gasteiger partial charge on any atom is 0.0701 e. The van der Waals surface area contributed by atoms with E-state index in [9.17, 15) is 5.11 Å². The minimum absolute atomic E-state index is 0.0210. The first kappa shape index (κ1) is 16.9. The number of allylic oxidation sites excluding steroid dienone is 2. The Hall–Kier alpha value is -1.06. The Balaban J connectivity index is 5.09. The van der Waals surface area contributed by atoms with Crippen LogP contribution >= 0.6 is 0 Å². The van der Waals surface area contributed by atoms with Crippen molar-refractivity contribution in [2.75, 3.05) is 27.2 Å². The summed E-state index contributed by atoms with van der Waals surface area (Å²) in [5.74, 6) is 0.326. The summed E-state index contributed by atoms with van der Waals surface area (Å²) < 4.78 is 0. The summed E-state index contributed by atoms with van der Waals surface area (Å²) in [7, 11) is 4.00. The number of nitrogens with one attached hydrogen (secondary N) is 1. The van der Waals surface area contributed by atoms with Crippen molar-refractivity contribution in [3.63, 3.8) is 0 Å². The molecule has 0 aliphatic rings. The van der Waals surface area contributed by atoms with E-state index in [-0.39, 0.29) is 6.61 Å². The molecule has 0 bridgehead atoms. The molecular weight excluding hydrogens is 224 g/mol. The highest BCUT2D eigenvalue weighted by atomic mass is 16.3.